The van der Waals surface area contributed by atoms with Crippen molar-refractivity contribution < 1.29 is 19.1 Å². The highest BCUT2D eigenvalue weighted by atomic mass is 32.1. The second kappa shape index (κ2) is 8.70. The highest BCUT2D eigenvalue weighted by Gasteiger charge is 2.48. The molecule has 158 valence electrons. The molecule has 0 radical (unpaired) electrons. The van der Waals surface area contributed by atoms with E-state index in [2.05, 4.69) is 5.32 Å². The number of hydrogen-bond acceptors (Lipinski definition) is 5. The van der Waals surface area contributed by atoms with Gasteiger partial charge in [-0.15, -0.1) is 11.3 Å². The number of Topliss-reactive ketones (excluding diaryl/α,β-unsaturated/α-hetero) is 1. The summed E-state index contributed by atoms with van der Waals surface area (Å²) in [7, 11) is 0. The van der Waals surface area contributed by atoms with E-state index in [1.54, 1.807) is 11.0 Å². The second-order valence-electron chi connectivity index (χ2n) is 8.27. The summed E-state index contributed by atoms with van der Waals surface area (Å²) in [5.74, 6) is -0.281. The van der Waals surface area contributed by atoms with Crippen LogP contribution in [0, 0.1) is 5.92 Å². The Labute approximate surface area is 180 Å². The average Bonchev–Trinajstić information content (AvgIpc) is 3.45. The summed E-state index contributed by atoms with van der Waals surface area (Å²) in [6, 6.07) is 12.4. The summed E-state index contributed by atoms with van der Waals surface area (Å²) < 4.78 is 5.50. The van der Waals surface area contributed by atoms with Gasteiger partial charge in [-0.1, -0.05) is 44.2 Å². The lowest BCUT2D eigenvalue weighted by Crippen LogP contribution is -2.52. The molecule has 30 heavy (non-hydrogen) atoms. The van der Waals surface area contributed by atoms with E-state index in [4.69, 9.17) is 4.74 Å². The van der Waals surface area contributed by atoms with Gasteiger partial charge in [0.05, 0.1) is 11.0 Å². The van der Waals surface area contributed by atoms with E-state index in [0.717, 1.165) is 10.4 Å². The maximum atomic E-state index is 13.3. The predicted molar refractivity (Wildman–Crippen MR) is 115 cm³/mol. The van der Waals surface area contributed by atoms with Crippen molar-refractivity contribution in [2.24, 2.45) is 5.92 Å². The molecule has 2 amide bonds. The number of ketones is 1. The molecular formula is C23H26N2O4S. The first kappa shape index (κ1) is 20.8. The van der Waals surface area contributed by atoms with Crippen molar-refractivity contribution in [1.29, 1.82) is 0 Å². The van der Waals surface area contributed by atoms with Crippen LogP contribution in [0.15, 0.2) is 42.5 Å². The third-order valence-electron chi connectivity index (χ3n) is 5.59. The van der Waals surface area contributed by atoms with Crippen molar-refractivity contribution in [1.82, 2.24) is 10.2 Å². The molecule has 3 heterocycles. The van der Waals surface area contributed by atoms with Crippen LogP contribution < -0.4 is 5.32 Å². The molecule has 2 aromatic rings. The molecule has 0 saturated carbocycles. The van der Waals surface area contributed by atoms with E-state index in [9.17, 15) is 14.4 Å². The minimum atomic E-state index is -0.660. The topological polar surface area (TPSA) is 75.7 Å². The van der Waals surface area contributed by atoms with Gasteiger partial charge in [0, 0.05) is 11.4 Å². The van der Waals surface area contributed by atoms with E-state index in [0.29, 0.717) is 24.3 Å². The number of ether oxygens (including phenoxy) is 1. The number of carbonyl (C=O) groups excluding carboxylic acids is 3. The van der Waals surface area contributed by atoms with E-state index in [1.807, 2.05) is 50.2 Å². The summed E-state index contributed by atoms with van der Waals surface area (Å²) in [6.07, 6.45) is 0.975. The molecule has 0 spiro atoms. The Kier molecular flexibility index (Phi) is 6.01. The van der Waals surface area contributed by atoms with Crippen molar-refractivity contribution in [2.45, 2.75) is 44.9 Å². The molecule has 3 atom stereocenters. The van der Waals surface area contributed by atoms with Gasteiger partial charge in [0.1, 0.15) is 18.7 Å². The van der Waals surface area contributed by atoms with Crippen LogP contribution in [0.3, 0.4) is 0 Å². The predicted octanol–water partition coefficient (Wildman–Crippen LogP) is 3.13. The van der Waals surface area contributed by atoms with Crippen molar-refractivity contribution in [3.8, 4) is 10.4 Å². The molecule has 2 saturated heterocycles. The molecule has 1 aromatic heterocycles. The zero-order valence-corrected chi connectivity index (χ0v) is 18.0. The van der Waals surface area contributed by atoms with Crippen LogP contribution in [0.1, 0.15) is 36.4 Å². The normalized spacial score (nSPS) is 21.7. The zero-order valence-electron chi connectivity index (χ0n) is 17.2. The second-order valence-corrected chi connectivity index (χ2v) is 9.35. The lowest BCUT2D eigenvalue weighted by Gasteiger charge is -2.28. The van der Waals surface area contributed by atoms with Gasteiger partial charge in [-0.3, -0.25) is 14.4 Å². The van der Waals surface area contributed by atoms with Crippen LogP contribution >= 0.6 is 11.3 Å². The lowest BCUT2D eigenvalue weighted by atomic mass is 10.0. The van der Waals surface area contributed by atoms with Crippen LogP contribution in [-0.2, 0) is 14.3 Å². The summed E-state index contributed by atoms with van der Waals surface area (Å²) in [6.45, 7) is 4.59. The number of benzene rings is 1. The van der Waals surface area contributed by atoms with Crippen LogP contribution in [0.5, 0.6) is 0 Å². The highest BCUT2D eigenvalue weighted by Crippen LogP contribution is 2.30. The van der Waals surface area contributed by atoms with Gasteiger partial charge in [-0.2, -0.15) is 0 Å². The maximum absolute atomic E-state index is 13.3. The number of rotatable bonds is 6. The molecule has 2 fully saturated rings. The Morgan fingerprint density at radius 3 is 2.70 bits per heavy atom. The van der Waals surface area contributed by atoms with Crippen LogP contribution in [0.25, 0.3) is 10.4 Å². The first-order valence-corrected chi connectivity index (χ1v) is 11.2. The van der Waals surface area contributed by atoms with Gasteiger partial charge in [-0.05, 0) is 36.5 Å². The smallest absolute Gasteiger partial charge is 0.262 e. The molecule has 6 nitrogen and oxygen atoms in total. The standard InChI is InChI=1S/C23H26N2O4S/c1-14(2)12-16(23(28)25-11-10-18-21(25)17(26)13-29-18)24-22(27)20-9-8-19(30-20)15-6-4-3-5-7-15/h3-9,14,16,18,21H,10-13H2,1-2H3,(H,24,27)/t16-,18+,21+/m0/s1. The quantitative estimate of drug-likeness (QED) is 0.770. The highest BCUT2D eigenvalue weighted by molar-refractivity contribution is 7.17. The largest absolute Gasteiger partial charge is 0.368 e. The van der Waals surface area contributed by atoms with Gasteiger partial charge in [0.25, 0.3) is 5.91 Å². The summed E-state index contributed by atoms with van der Waals surface area (Å²) in [5.41, 5.74) is 1.05. The monoisotopic (exact) mass is 426 g/mol. The molecule has 0 aliphatic carbocycles. The summed E-state index contributed by atoms with van der Waals surface area (Å²) in [4.78, 5) is 41.6. The third kappa shape index (κ3) is 4.18. The number of nitrogens with one attached hydrogen (secondary N) is 1. The molecule has 0 bridgehead atoms. The molecule has 2 aliphatic heterocycles. The van der Waals surface area contributed by atoms with E-state index < -0.39 is 12.1 Å². The Bertz CT molecular complexity index is 940. The van der Waals surface area contributed by atoms with Crippen molar-refractivity contribution in [3.63, 3.8) is 0 Å². The molecule has 0 unspecified atom stereocenters. The fourth-order valence-corrected chi connectivity index (χ4v) is 5.10. The minimum Gasteiger partial charge on any atom is -0.368 e. The SMILES string of the molecule is CC(C)C[C@H](NC(=O)c1ccc(-c2ccccc2)s1)C(=O)N1CC[C@H]2OCC(=O)[C@H]21. The number of hydrogen-bond donors (Lipinski definition) is 1. The minimum absolute atomic E-state index is 0.0498. The first-order chi connectivity index (χ1) is 14.4. The first-order valence-electron chi connectivity index (χ1n) is 10.3. The van der Waals surface area contributed by atoms with Crippen molar-refractivity contribution in [3.05, 3.63) is 47.3 Å². The Balaban J connectivity index is 1.49. The van der Waals surface area contributed by atoms with Gasteiger partial charge >= 0.3 is 0 Å². The summed E-state index contributed by atoms with van der Waals surface area (Å²) >= 11 is 1.40. The maximum Gasteiger partial charge on any atom is 0.262 e. The molecular weight excluding hydrogens is 400 g/mol. The lowest BCUT2D eigenvalue weighted by molar-refractivity contribution is -0.138. The fraction of sp³-hybridized carbons (Fsp3) is 0.435. The zero-order chi connectivity index (χ0) is 21.3. The summed E-state index contributed by atoms with van der Waals surface area (Å²) in [5, 5.41) is 2.93. The fourth-order valence-electron chi connectivity index (χ4n) is 4.18. The van der Waals surface area contributed by atoms with Gasteiger partial charge < -0.3 is 15.0 Å². The number of carbonyl (C=O) groups is 3. The Hall–Kier alpha value is -2.51. The third-order valence-corrected chi connectivity index (χ3v) is 6.73. The van der Waals surface area contributed by atoms with Gasteiger partial charge in [0.15, 0.2) is 5.78 Å². The van der Waals surface area contributed by atoms with Crippen LogP contribution in [0.2, 0.25) is 0 Å². The molecule has 2 aliphatic rings. The average molecular weight is 427 g/mol. The molecule has 4 rings (SSSR count). The van der Waals surface area contributed by atoms with E-state index in [1.165, 1.54) is 11.3 Å². The number of amides is 2. The van der Waals surface area contributed by atoms with Crippen LogP contribution in [-0.4, -0.2) is 53.8 Å². The van der Waals surface area contributed by atoms with Gasteiger partial charge in [-0.25, -0.2) is 0 Å². The number of fused-ring (bicyclic) bond motifs is 1. The Morgan fingerprint density at radius 2 is 1.97 bits per heavy atom. The number of nitrogens with zero attached hydrogens (tertiary/aromatic N) is 1. The number of likely N-dealkylation sites (tertiary alicyclic amines) is 1. The molecule has 1 aromatic carbocycles. The van der Waals surface area contributed by atoms with E-state index >= 15 is 0 Å². The van der Waals surface area contributed by atoms with E-state index in [-0.39, 0.29) is 36.2 Å². The molecule has 7 heteroatoms. The van der Waals surface area contributed by atoms with Crippen LogP contribution in [0.4, 0.5) is 0 Å². The van der Waals surface area contributed by atoms with Crippen molar-refractivity contribution in [2.75, 3.05) is 13.2 Å². The molecule has 1 N–H and O–H groups in total. The number of thiophene rings is 1. The van der Waals surface area contributed by atoms with Crippen molar-refractivity contribution >= 4 is 28.9 Å². The Morgan fingerprint density at radius 1 is 1.20 bits per heavy atom. The van der Waals surface area contributed by atoms with Gasteiger partial charge in [0.2, 0.25) is 5.91 Å².